The maximum atomic E-state index is 4.34. The minimum Gasteiger partial charge on any atom is -0.356 e. The first kappa shape index (κ1) is 18.2. The summed E-state index contributed by atoms with van der Waals surface area (Å²) in [6, 6.07) is 2.72. The van der Waals surface area contributed by atoms with Crippen molar-refractivity contribution in [2.24, 2.45) is 4.99 Å². The molecule has 1 aliphatic rings. The molecule has 6 heteroatoms. The Kier molecular flexibility index (Phi) is 7.33. The molecule has 1 aromatic rings. The lowest BCUT2D eigenvalue weighted by atomic mass is 10.1. The van der Waals surface area contributed by atoms with Crippen LogP contribution in [0.1, 0.15) is 25.3 Å². The zero-order valence-corrected chi connectivity index (χ0v) is 15.7. The van der Waals surface area contributed by atoms with Gasteiger partial charge in [0.1, 0.15) is 0 Å². The quantitative estimate of drug-likeness (QED) is 0.612. The van der Waals surface area contributed by atoms with E-state index in [0.29, 0.717) is 12.0 Å². The van der Waals surface area contributed by atoms with E-state index >= 15 is 0 Å². The van der Waals surface area contributed by atoms with Gasteiger partial charge in [-0.25, -0.2) is 0 Å². The number of likely N-dealkylation sites (N-methyl/N-ethyl adjacent to an activating group) is 1. The van der Waals surface area contributed by atoms with E-state index in [2.05, 4.69) is 63.1 Å². The normalized spacial score (nSPS) is 20.3. The van der Waals surface area contributed by atoms with Crippen LogP contribution in [0.4, 0.5) is 0 Å². The highest BCUT2D eigenvalue weighted by atomic mass is 32.1. The van der Waals surface area contributed by atoms with Crippen LogP contribution in [0.15, 0.2) is 21.8 Å². The van der Waals surface area contributed by atoms with Gasteiger partial charge in [0, 0.05) is 52.4 Å². The predicted octanol–water partition coefficient (Wildman–Crippen LogP) is 1.65. The Bertz CT molecular complexity index is 465. The van der Waals surface area contributed by atoms with Crippen molar-refractivity contribution in [1.29, 1.82) is 0 Å². The third-order valence-electron chi connectivity index (χ3n) is 4.64. The molecular formula is C17H31N5S. The van der Waals surface area contributed by atoms with Crippen LogP contribution in [0.25, 0.3) is 0 Å². The molecule has 0 radical (unpaired) electrons. The summed E-state index contributed by atoms with van der Waals surface area (Å²) in [5, 5.41) is 11.3. The van der Waals surface area contributed by atoms with Crippen LogP contribution < -0.4 is 10.6 Å². The van der Waals surface area contributed by atoms with Gasteiger partial charge in [0.25, 0.3) is 0 Å². The number of nitrogens with zero attached hydrogens (tertiary/aromatic N) is 3. The number of nitrogens with one attached hydrogen (secondary N) is 2. The second-order valence-corrected chi connectivity index (χ2v) is 7.26. The largest absolute Gasteiger partial charge is 0.356 e. The van der Waals surface area contributed by atoms with Crippen molar-refractivity contribution in [3.63, 3.8) is 0 Å². The number of guanidine groups is 1. The van der Waals surface area contributed by atoms with Crippen molar-refractivity contribution < 1.29 is 0 Å². The highest BCUT2D eigenvalue weighted by molar-refractivity contribution is 7.07. The van der Waals surface area contributed by atoms with Crippen LogP contribution >= 0.6 is 11.3 Å². The summed E-state index contributed by atoms with van der Waals surface area (Å²) in [5.74, 6) is 1.39. The molecule has 5 nitrogen and oxygen atoms in total. The molecule has 1 aliphatic heterocycles. The van der Waals surface area contributed by atoms with E-state index in [-0.39, 0.29) is 0 Å². The number of rotatable bonds is 6. The van der Waals surface area contributed by atoms with Crippen LogP contribution in [-0.2, 0) is 0 Å². The van der Waals surface area contributed by atoms with Crippen molar-refractivity contribution >= 4 is 17.3 Å². The maximum Gasteiger partial charge on any atom is 0.191 e. The first-order valence-electron chi connectivity index (χ1n) is 8.49. The summed E-state index contributed by atoms with van der Waals surface area (Å²) >= 11 is 1.76. The van der Waals surface area contributed by atoms with Crippen molar-refractivity contribution in [2.75, 3.05) is 53.4 Å². The molecule has 0 saturated carbocycles. The smallest absolute Gasteiger partial charge is 0.191 e. The highest BCUT2D eigenvalue weighted by Gasteiger charge is 2.19. The average Bonchev–Trinajstić information content (AvgIpc) is 3.09. The molecule has 1 saturated heterocycles. The van der Waals surface area contributed by atoms with Gasteiger partial charge in [-0.15, -0.1) is 0 Å². The van der Waals surface area contributed by atoms with E-state index in [1.807, 2.05) is 7.05 Å². The summed E-state index contributed by atoms with van der Waals surface area (Å²) < 4.78 is 0. The van der Waals surface area contributed by atoms with Gasteiger partial charge in [-0.2, -0.15) is 11.3 Å². The van der Waals surface area contributed by atoms with Crippen LogP contribution in [0.2, 0.25) is 0 Å². The molecule has 1 fully saturated rings. The van der Waals surface area contributed by atoms with Gasteiger partial charge in [-0.3, -0.25) is 9.89 Å². The fourth-order valence-electron chi connectivity index (χ4n) is 2.78. The average molecular weight is 338 g/mol. The number of aliphatic imine (C=N–C) groups is 1. The van der Waals surface area contributed by atoms with Crippen molar-refractivity contribution in [3.8, 4) is 0 Å². The van der Waals surface area contributed by atoms with E-state index in [4.69, 9.17) is 0 Å². The number of piperazine rings is 1. The van der Waals surface area contributed by atoms with Gasteiger partial charge in [0.15, 0.2) is 5.96 Å². The SMILES string of the molecule is CN=C(NCC(C)c1ccsc1)NCC(C)N1CCN(C)CC1. The van der Waals surface area contributed by atoms with E-state index in [1.54, 1.807) is 11.3 Å². The summed E-state index contributed by atoms with van der Waals surface area (Å²) in [6.45, 7) is 11.0. The van der Waals surface area contributed by atoms with Gasteiger partial charge < -0.3 is 15.5 Å². The molecule has 2 rings (SSSR count). The first-order valence-corrected chi connectivity index (χ1v) is 9.43. The van der Waals surface area contributed by atoms with E-state index in [0.717, 1.165) is 45.2 Å². The summed E-state index contributed by atoms with van der Waals surface area (Å²) in [4.78, 5) is 9.28. The van der Waals surface area contributed by atoms with Gasteiger partial charge in [-0.1, -0.05) is 6.92 Å². The van der Waals surface area contributed by atoms with Gasteiger partial charge in [0.05, 0.1) is 0 Å². The molecular weight excluding hydrogens is 306 g/mol. The number of thiophene rings is 1. The molecule has 0 amide bonds. The Morgan fingerprint density at radius 1 is 1.22 bits per heavy atom. The summed E-state index contributed by atoms with van der Waals surface area (Å²) in [5.41, 5.74) is 1.39. The number of hydrogen-bond donors (Lipinski definition) is 2. The first-order chi connectivity index (χ1) is 11.1. The fourth-order valence-corrected chi connectivity index (χ4v) is 3.56. The third-order valence-corrected chi connectivity index (χ3v) is 5.34. The van der Waals surface area contributed by atoms with Gasteiger partial charge in [-0.05, 0) is 42.3 Å². The molecule has 23 heavy (non-hydrogen) atoms. The highest BCUT2D eigenvalue weighted by Crippen LogP contribution is 2.16. The fraction of sp³-hybridized carbons (Fsp3) is 0.706. The minimum atomic E-state index is 0.495. The Balaban J connectivity index is 1.70. The maximum absolute atomic E-state index is 4.34. The van der Waals surface area contributed by atoms with Crippen LogP contribution in [-0.4, -0.2) is 75.2 Å². The van der Waals surface area contributed by atoms with Crippen LogP contribution in [0, 0.1) is 0 Å². The van der Waals surface area contributed by atoms with Gasteiger partial charge in [0.2, 0.25) is 0 Å². The topological polar surface area (TPSA) is 42.9 Å². The molecule has 2 unspecified atom stereocenters. The molecule has 0 aromatic carbocycles. The summed E-state index contributed by atoms with van der Waals surface area (Å²) in [6.07, 6.45) is 0. The molecule has 0 aliphatic carbocycles. The lowest BCUT2D eigenvalue weighted by Crippen LogP contribution is -2.52. The lowest BCUT2D eigenvalue weighted by molar-refractivity contribution is 0.120. The Hall–Kier alpha value is -1.11. The lowest BCUT2D eigenvalue weighted by Gasteiger charge is -2.36. The molecule has 2 heterocycles. The van der Waals surface area contributed by atoms with Gasteiger partial charge >= 0.3 is 0 Å². The second kappa shape index (κ2) is 9.25. The molecule has 2 N–H and O–H groups in total. The monoisotopic (exact) mass is 337 g/mol. The van der Waals surface area contributed by atoms with Crippen molar-refractivity contribution in [2.45, 2.75) is 25.8 Å². The molecule has 0 bridgehead atoms. The third kappa shape index (κ3) is 5.79. The van der Waals surface area contributed by atoms with Crippen LogP contribution in [0.5, 0.6) is 0 Å². The number of hydrogen-bond acceptors (Lipinski definition) is 4. The van der Waals surface area contributed by atoms with E-state index < -0.39 is 0 Å². The standard InChI is InChI=1S/C17H31N5S/c1-14(16-5-10-23-13-16)11-19-17(18-3)20-12-15(2)22-8-6-21(4)7-9-22/h5,10,13-15H,6-9,11-12H2,1-4H3,(H2,18,19,20). The van der Waals surface area contributed by atoms with E-state index in [9.17, 15) is 0 Å². The van der Waals surface area contributed by atoms with Crippen molar-refractivity contribution in [1.82, 2.24) is 20.4 Å². The minimum absolute atomic E-state index is 0.495. The van der Waals surface area contributed by atoms with E-state index in [1.165, 1.54) is 5.56 Å². The molecule has 1 aromatic heterocycles. The Labute approximate surface area is 144 Å². The Morgan fingerprint density at radius 2 is 1.91 bits per heavy atom. The molecule has 2 atom stereocenters. The Morgan fingerprint density at radius 3 is 2.52 bits per heavy atom. The summed E-state index contributed by atoms with van der Waals surface area (Å²) in [7, 11) is 4.03. The van der Waals surface area contributed by atoms with Crippen LogP contribution in [0.3, 0.4) is 0 Å². The zero-order chi connectivity index (χ0) is 16.7. The van der Waals surface area contributed by atoms with Crippen molar-refractivity contribution in [3.05, 3.63) is 22.4 Å². The molecule has 0 spiro atoms. The zero-order valence-electron chi connectivity index (χ0n) is 14.9. The molecule has 130 valence electrons. The second-order valence-electron chi connectivity index (χ2n) is 6.48. The predicted molar refractivity (Wildman–Crippen MR) is 101 cm³/mol.